The second kappa shape index (κ2) is 6.55. The molecule has 0 amide bonds. The van der Waals surface area contributed by atoms with Gasteiger partial charge in [0.25, 0.3) is 0 Å². The molecule has 2 rings (SSSR count). The van der Waals surface area contributed by atoms with Crippen LogP contribution in [0, 0.1) is 0 Å². The maximum Gasteiger partial charge on any atom is 0.120 e. The van der Waals surface area contributed by atoms with Crippen molar-refractivity contribution < 1.29 is 4.79 Å². The number of benzene rings is 1. The number of hydrogen-bond acceptors (Lipinski definition) is 2. The zero-order valence-electron chi connectivity index (χ0n) is 10.3. The molecule has 0 spiro atoms. The van der Waals surface area contributed by atoms with E-state index in [0.29, 0.717) is 12.5 Å². The minimum atomic E-state index is 0.606. The maximum atomic E-state index is 10.5. The van der Waals surface area contributed by atoms with E-state index in [2.05, 4.69) is 35.2 Å². The van der Waals surface area contributed by atoms with Gasteiger partial charge in [-0.2, -0.15) is 0 Å². The van der Waals surface area contributed by atoms with E-state index in [9.17, 15) is 4.79 Å². The first-order chi connectivity index (χ1) is 8.40. The van der Waals surface area contributed by atoms with Gasteiger partial charge in [-0.05, 0) is 31.4 Å². The van der Waals surface area contributed by atoms with E-state index in [-0.39, 0.29) is 0 Å². The summed E-state index contributed by atoms with van der Waals surface area (Å²) >= 11 is 0. The number of nitrogens with zero attached hydrogens (tertiary/aromatic N) is 1. The molecule has 2 nitrogen and oxygen atoms in total. The van der Waals surface area contributed by atoms with Crippen molar-refractivity contribution in [3.63, 3.8) is 0 Å². The van der Waals surface area contributed by atoms with Crippen molar-refractivity contribution in [3.05, 3.63) is 35.9 Å². The first-order valence-electron chi connectivity index (χ1n) is 6.62. The van der Waals surface area contributed by atoms with Gasteiger partial charge in [0.2, 0.25) is 0 Å². The Morgan fingerprint density at radius 2 is 2.06 bits per heavy atom. The molecule has 1 aliphatic heterocycles. The van der Waals surface area contributed by atoms with E-state index in [1.165, 1.54) is 31.4 Å². The predicted octanol–water partition coefficient (Wildman–Crippen LogP) is 3.02. The molecule has 1 unspecified atom stereocenters. The molecule has 1 aliphatic rings. The average Bonchev–Trinajstić information content (AvgIpc) is 2.39. The van der Waals surface area contributed by atoms with Crippen LogP contribution in [0.1, 0.15) is 37.7 Å². The molecule has 1 fully saturated rings. The summed E-state index contributed by atoms with van der Waals surface area (Å²) in [7, 11) is 0. The van der Waals surface area contributed by atoms with Crippen molar-refractivity contribution in [2.45, 2.75) is 44.7 Å². The Kier molecular flexibility index (Phi) is 4.75. The minimum absolute atomic E-state index is 0.606. The third-order valence-corrected chi connectivity index (χ3v) is 3.60. The number of carbonyl (C=O) groups is 1. The highest BCUT2D eigenvalue weighted by Crippen LogP contribution is 2.22. The van der Waals surface area contributed by atoms with E-state index < -0.39 is 0 Å². The van der Waals surface area contributed by atoms with Gasteiger partial charge in [-0.25, -0.2) is 0 Å². The highest BCUT2D eigenvalue weighted by molar-refractivity contribution is 5.49. The van der Waals surface area contributed by atoms with Gasteiger partial charge in [-0.1, -0.05) is 36.8 Å². The van der Waals surface area contributed by atoms with Crippen LogP contribution >= 0.6 is 0 Å². The minimum Gasteiger partial charge on any atom is -0.303 e. The van der Waals surface area contributed by atoms with Crippen molar-refractivity contribution in [2.24, 2.45) is 0 Å². The van der Waals surface area contributed by atoms with E-state index in [1.54, 1.807) is 0 Å². The first kappa shape index (κ1) is 12.3. The Labute approximate surface area is 104 Å². The Morgan fingerprint density at radius 3 is 2.82 bits per heavy atom. The molecule has 1 saturated heterocycles. The highest BCUT2D eigenvalue weighted by Gasteiger charge is 2.21. The fourth-order valence-electron chi connectivity index (χ4n) is 2.67. The van der Waals surface area contributed by atoms with E-state index in [1.807, 2.05) is 0 Å². The topological polar surface area (TPSA) is 20.3 Å². The molecule has 1 aromatic rings. The van der Waals surface area contributed by atoms with Gasteiger partial charge in [0.1, 0.15) is 6.29 Å². The number of piperidine rings is 1. The molecule has 0 saturated carbocycles. The van der Waals surface area contributed by atoms with E-state index in [4.69, 9.17) is 0 Å². The lowest BCUT2D eigenvalue weighted by Gasteiger charge is -2.35. The molecule has 0 N–H and O–H groups in total. The van der Waals surface area contributed by atoms with Crippen molar-refractivity contribution in [2.75, 3.05) is 6.54 Å². The molecule has 2 heteroatoms. The summed E-state index contributed by atoms with van der Waals surface area (Å²) in [5.74, 6) is 0. The lowest BCUT2D eigenvalue weighted by Crippen LogP contribution is -2.38. The number of likely N-dealkylation sites (tertiary alicyclic amines) is 1. The smallest absolute Gasteiger partial charge is 0.120 e. The standard InChI is InChI=1S/C15H21NO/c17-12-6-10-15-9-4-5-11-16(15)13-14-7-2-1-3-8-14/h1-3,7-8,12,15H,4-6,9-11,13H2. The molecular weight excluding hydrogens is 210 g/mol. The molecule has 0 aliphatic carbocycles. The summed E-state index contributed by atoms with van der Waals surface area (Å²) in [5.41, 5.74) is 1.38. The highest BCUT2D eigenvalue weighted by atomic mass is 16.1. The number of carbonyl (C=O) groups excluding carboxylic acids is 1. The molecule has 1 atom stereocenters. The van der Waals surface area contributed by atoms with E-state index >= 15 is 0 Å². The van der Waals surface area contributed by atoms with Gasteiger partial charge in [0, 0.05) is 19.0 Å². The van der Waals surface area contributed by atoms with Gasteiger partial charge in [-0.3, -0.25) is 4.90 Å². The summed E-state index contributed by atoms with van der Waals surface area (Å²) < 4.78 is 0. The molecule has 0 bridgehead atoms. The van der Waals surface area contributed by atoms with Crippen LogP contribution in [0.5, 0.6) is 0 Å². The summed E-state index contributed by atoms with van der Waals surface area (Å²) in [6.45, 7) is 2.21. The molecule has 1 heterocycles. The average molecular weight is 231 g/mol. The largest absolute Gasteiger partial charge is 0.303 e. The van der Waals surface area contributed by atoms with Crippen molar-refractivity contribution in [1.82, 2.24) is 4.90 Å². The Bertz CT molecular complexity index is 336. The van der Waals surface area contributed by atoms with Crippen LogP contribution in [-0.4, -0.2) is 23.8 Å². The van der Waals surface area contributed by atoms with E-state index in [0.717, 1.165) is 19.3 Å². The summed E-state index contributed by atoms with van der Waals surface area (Å²) in [6, 6.07) is 11.2. The molecule has 17 heavy (non-hydrogen) atoms. The number of hydrogen-bond donors (Lipinski definition) is 0. The monoisotopic (exact) mass is 231 g/mol. The summed E-state index contributed by atoms with van der Waals surface area (Å²) in [4.78, 5) is 13.0. The van der Waals surface area contributed by atoms with Crippen LogP contribution in [0.3, 0.4) is 0 Å². The van der Waals surface area contributed by atoms with Crippen LogP contribution in [0.15, 0.2) is 30.3 Å². The van der Waals surface area contributed by atoms with Crippen molar-refractivity contribution >= 4 is 6.29 Å². The molecular formula is C15H21NO. The van der Waals surface area contributed by atoms with Gasteiger partial charge >= 0.3 is 0 Å². The third-order valence-electron chi connectivity index (χ3n) is 3.60. The summed E-state index contributed by atoms with van der Waals surface area (Å²) in [5, 5.41) is 0. The zero-order valence-corrected chi connectivity index (χ0v) is 10.3. The fourth-order valence-corrected chi connectivity index (χ4v) is 2.67. The fraction of sp³-hybridized carbons (Fsp3) is 0.533. The molecule has 92 valence electrons. The normalized spacial score (nSPS) is 21.3. The van der Waals surface area contributed by atoms with Crippen LogP contribution in [0.2, 0.25) is 0 Å². The third kappa shape index (κ3) is 3.67. The lowest BCUT2D eigenvalue weighted by molar-refractivity contribution is -0.108. The first-order valence-corrected chi connectivity index (χ1v) is 6.62. The van der Waals surface area contributed by atoms with Gasteiger partial charge in [-0.15, -0.1) is 0 Å². The van der Waals surface area contributed by atoms with Crippen LogP contribution < -0.4 is 0 Å². The Balaban J connectivity index is 1.94. The van der Waals surface area contributed by atoms with Crippen LogP contribution in [0.25, 0.3) is 0 Å². The molecule has 0 aromatic heterocycles. The SMILES string of the molecule is O=CCCC1CCCCN1Cc1ccccc1. The number of rotatable bonds is 5. The van der Waals surface area contributed by atoms with Crippen molar-refractivity contribution in [3.8, 4) is 0 Å². The van der Waals surface area contributed by atoms with Crippen LogP contribution in [0.4, 0.5) is 0 Å². The van der Waals surface area contributed by atoms with Crippen LogP contribution in [-0.2, 0) is 11.3 Å². The van der Waals surface area contributed by atoms with Gasteiger partial charge < -0.3 is 4.79 Å². The predicted molar refractivity (Wildman–Crippen MR) is 69.8 cm³/mol. The second-order valence-electron chi connectivity index (χ2n) is 4.85. The van der Waals surface area contributed by atoms with Gasteiger partial charge in [0.05, 0.1) is 0 Å². The lowest BCUT2D eigenvalue weighted by atomic mass is 9.97. The zero-order chi connectivity index (χ0) is 11.9. The summed E-state index contributed by atoms with van der Waals surface area (Å²) in [6.07, 6.45) is 6.64. The molecule has 1 aromatic carbocycles. The Hall–Kier alpha value is -1.15. The quantitative estimate of drug-likeness (QED) is 0.726. The van der Waals surface area contributed by atoms with Crippen molar-refractivity contribution in [1.29, 1.82) is 0 Å². The van der Waals surface area contributed by atoms with Gasteiger partial charge in [0.15, 0.2) is 0 Å². The Morgan fingerprint density at radius 1 is 1.24 bits per heavy atom. The molecule has 0 radical (unpaired) electrons. The number of aldehydes is 1. The maximum absolute atomic E-state index is 10.5. The second-order valence-corrected chi connectivity index (χ2v) is 4.85.